The van der Waals surface area contributed by atoms with Crippen molar-refractivity contribution in [2.45, 2.75) is 27.2 Å². The minimum atomic E-state index is -0.902. The Morgan fingerprint density at radius 1 is 1.69 bits per heavy atom. The maximum absolute atomic E-state index is 11.4. The van der Waals surface area contributed by atoms with Crippen molar-refractivity contribution < 1.29 is 9.90 Å². The lowest BCUT2D eigenvalue weighted by Gasteiger charge is -2.31. The quantitative estimate of drug-likeness (QED) is 0.823. The number of nitrogens with zero attached hydrogens (tertiary/aromatic N) is 1. The van der Waals surface area contributed by atoms with Gasteiger partial charge in [-0.05, 0) is 12.8 Å². The maximum Gasteiger partial charge on any atom is 0.311 e. The van der Waals surface area contributed by atoms with Gasteiger partial charge in [0.2, 0.25) is 0 Å². The predicted octanol–water partition coefficient (Wildman–Crippen LogP) is 1.68. The molecule has 1 aromatic heterocycles. The van der Waals surface area contributed by atoms with Gasteiger partial charge in [0.25, 0.3) is 0 Å². The third kappa shape index (κ3) is 2.41. The average Bonchev–Trinajstić information content (AvgIpc) is 2.59. The highest BCUT2D eigenvalue weighted by Gasteiger charge is 2.41. The van der Waals surface area contributed by atoms with Crippen molar-refractivity contribution >= 4 is 17.3 Å². The molecule has 0 amide bonds. The SMILES string of the molecule is Cc1nc(CC(CN)(C(=O)O)C(C)C)cs1. The molecular formula is C11H18N2O2S. The molecule has 90 valence electrons. The first kappa shape index (κ1) is 13.1. The number of thiazole rings is 1. The fourth-order valence-corrected chi connectivity index (χ4v) is 2.35. The van der Waals surface area contributed by atoms with E-state index in [1.54, 1.807) is 0 Å². The molecule has 3 N–H and O–H groups in total. The molecule has 1 unspecified atom stereocenters. The molecule has 0 bridgehead atoms. The van der Waals surface area contributed by atoms with Crippen LogP contribution in [-0.4, -0.2) is 22.6 Å². The van der Waals surface area contributed by atoms with Crippen molar-refractivity contribution in [2.24, 2.45) is 17.1 Å². The normalized spacial score (nSPS) is 15.1. The second-order valence-corrected chi connectivity index (χ2v) is 5.42. The Labute approximate surface area is 99.5 Å². The van der Waals surface area contributed by atoms with Gasteiger partial charge in [0, 0.05) is 18.3 Å². The molecule has 0 aliphatic heterocycles. The van der Waals surface area contributed by atoms with Gasteiger partial charge in [0.15, 0.2) is 0 Å². The number of hydrogen-bond acceptors (Lipinski definition) is 4. The zero-order chi connectivity index (χ0) is 12.3. The lowest BCUT2D eigenvalue weighted by atomic mass is 9.74. The Morgan fingerprint density at radius 3 is 2.62 bits per heavy atom. The second kappa shape index (κ2) is 4.93. The summed E-state index contributed by atoms with van der Waals surface area (Å²) >= 11 is 1.53. The molecule has 0 aliphatic carbocycles. The third-order valence-corrected chi connectivity index (χ3v) is 3.88. The van der Waals surface area contributed by atoms with Gasteiger partial charge in [-0.3, -0.25) is 4.79 Å². The average molecular weight is 242 g/mol. The monoisotopic (exact) mass is 242 g/mol. The lowest BCUT2D eigenvalue weighted by Crippen LogP contribution is -2.45. The Bertz CT molecular complexity index is 376. The number of rotatable bonds is 5. The first-order valence-electron chi connectivity index (χ1n) is 5.27. The van der Waals surface area contributed by atoms with Crippen molar-refractivity contribution in [3.63, 3.8) is 0 Å². The molecule has 0 fully saturated rings. The standard InChI is InChI=1S/C11H18N2O2S/c1-7(2)11(6-12,10(14)15)4-9-5-16-8(3)13-9/h5,7H,4,6,12H2,1-3H3,(H,14,15). The minimum absolute atomic E-state index is 0.0167. The zero-order valence-corrected chi connectivity index (χ0v) is 10.7. The first-order valence-corrected chi connectivity index (χ1v) is 6.15. The van der Waals surface area contributed by atoms with Crippen molar-refractivity contribution in [1.82, 2.24) is 4.98 Å². The van der Waals surface area contributed by atoms with E-state index >= 15 is 0 Å². The van der Waals surface area contributed by atoms with Gasteiger partial charge in [0.05, 0.1) is 16.1 Å². The fourth-order valence-electron chi connectivity index (χ4n) is 1.73. The number of aromatic nitrogens is 1. The van der Waals surface area contributed by atoms with E-state index in [0.29, 0.717) is 6.42 Å². The van der Waals surface area contributed by atoms with Crippen LogP contribution in [0.3, 0.4) is 0 Å². The number of hydrogen-bond donors (Lipinski definition) is 2. The summed E-state index contributed by atoms with van der Waals surface area (Å²) in [7, 11) is 0. The fraction of sp³-hybridized carbons (Fsp3) is 0.636. The Hall–Kier alpha value is -0.940. The van der Waals surface area contributed by atoms with Crippen LogP contribution in [0.5, 0.6) is 0 Å². The van der Waals surface area contributed by atoms with Crippen LogP contribution in [0, 0.1) is 18.3 Å². The Balaban J connectivity index is 2.99. The number of carbonyl (C=O) groups is 1. The lowest BCUT2D eigenvalue weighted by molar-refractivity contribution is -0.151. The number of aliphatic carboxylic acids is 1. The Morgan fingerprint density at radius 2 is 2.31 bits per heavy atom. The molecule has 0 saturated carbocycles. The van der Waals surface area contributed by atoms with Crippen LogP contribution < -0.4 is 5.73 Å². The number of nitrogens with two attached hydrogens (primary N) is 1. The number of carboxylic acid groups (broad SMARTS) is 1. The van der Waals surface area contributed by atoms with Gasteiger partial charge < -0.3 is 10.8 Å². The summed E-state index contributed by atoms with van der Waals surface area (Å²) in [6.45, 7) is 5.82. The molecule has 1 heterocycles. The van der Waals surface area contributed by atoms with Crippen molar-refractivity contribution in [3.8, 4) is 0 Å². The topological polar surface area (TPSA) is 76.2 Å². The molecule has 0 aliphatic rings. The molecule has 0 radical (unpaired) electrons. The van der Waals surface area contributed by atoms with E-state index in [0.717, 1.165) is 10.7 Å². The van der Waals surface area contributed by atoms with E-state index in [2.05, 4.69) is 4.98 Å². The molecule has 0 aromatic carbocycles. The van der Waals surface area contributed by atoms with Gasteiger partial charge in [0.1, 0.15) is 0 Å². The van der Waals surface area contributed by atoms with Crippen LogP contribution in [-0.2, 0) is 11.2 Å². The van der Waals surface area contributed by atoms with E-state index in [4.69, 9.17) is 5.73 Å². The summed E-state index contributed by atoms with van der Waals surface area (Å²) in [6.07, 6.45) is 0.404. The Kier molecular flexibility index (Phi) is 4.04. The number of aryl methyl sites for hydroxylation is 1. The van der Waals surface area contributed by atoms with Crippen LogP contribution >= 0.6 is 11.3 Å². The highest BCUT2D eigenvalue weighted by molar-refractivity contribution is 7.09. The summed E-state index contributed by atoms with van der Waals surface area (Å²) in [5.41, 5.74) is 5.58. The molecular weight excluding hydrogens is 224 g/mol. The van der Waals surface area contributed by atoms with Gasteiger partial charge >= 0.3 is 5.97 Å². The van der Waals surface area contributed by atoms with Crippen LogP contribution in [0.1, 0.15) is 24.5 Å². The zero-order valence-electron chi connectivity index (χ0n) is 9.86. The summed E-state index contributed by atoms with van der Waals surface area (Å²) in [5, 5.41) is 12.2. The predicted molar refractivity (Wildman–Crippen MR) is 64.5 cm³/mol. The summed E-state index contributed by atoms with van der Waals surface area (Å²) in [6, 6.07) is 0. The summed E-state index contributed by atoms with van der Waals surface area (Å²) < 4.78 is 0. The summed E-state index contributed by atoms with van der Waals surface area (Å²) in [4.78, 5) is 15.7. The first-order chi connectivity index (χ1) is 7.42. The summed E-state index contributed by atoms with van der Waals surface area (Å²) in [5.74, 6) is -0.854. The molecule has 4 nitrogen and oxygen atoms in total. The van der Waals surface area contributed by atoms with Crippen LogP contribution in [0.25, 0.3) is 0 Å². The maximum atomic E-state index is 11.4. The third-order valence-electron chi connectivity index (χ3n) is 3.06. The molecule has 1 atom stereocenters. The smallest absolute Gasteiger partial charge is 0.311 e. The molecule has 1 rings (SSSR count). The molecule has 0 saturated heterocycles. The van der Waals surface area contributed by atoms with Crippen molar-refractivity contribution in [1.29, 1.82) is 0 Å². The largest absolute Gasteiger partial charge is 0.481 e. The van der Waals surface area contributed by atoms with E-state index in [1.165, 1.54) is 11.3 Å². The van der Waals surface area contributed by atoms with Gasteiger partial charge in [-0.25, -0.2) is 4.98 Å². The highest BCUT2D eigenvalue weighted by Crippen LogP contribution is 2.31. The molecule has 5 heteroatoms. The minimum Gasteiger partial charge on any atom is -0.481 e. The molecule has 16 heavy (non-hydrogen) atoms. The van der Waals surface area contributed by atoms with Gasteiger partial charge in [-0.15, -0.1) is 11.3 Å². The van der Waals surface area contributed by atoms with Crippen LogP contribution in [0.4, 0.5) is 0 Å². The highest BCUT2D eigenvalue weighted by atomic mass is 32.1. The van der Waals surface area contributed by atoms with Crippen molar-refractivity contribution in [2.75, 3.05) is 6.54 Å². The van der Waals surface area contributed by atoms with Crippen LogP contribution in [0.15, 0.2) is 5.38 Å². The van der Waals surface area contributed by atoms with Crippen molar-refractivity contribution in [3.05, 3.63) is 16.1 Å². The van der Waals surface area contributed by atoms with E-state index in [9.17, 15) is 9.90 Å². The molecule has 1 aromatic rings. The van der Waals surface area contributed by atoms with Gasteiger partial charge in [-0.1, -0.05) is 13.8 Å². The van der Waals surface area contributed by atoms with E-state index in [1.807, 2.05) is 26.2 Å². The molecule has 0 spiro atoms. The van der Waals surface area contributed by atoms with E-state index < -0.39 is 11.4 Å². The van der Waals surface area contributed by atoms with Crippen LogP contribution in [0.2, 0.25) is 0 Å². The number of carboxylic acids is 1. The van der Waals surface area contributed by atoms with E-state index in [-0.39, 0.29) is 12.5 Å². The van der Waals surface area contributed by atoms with Gasteiger partial charge in [-0.2, -0.15) is 0 Å². The second-order valence-electron chi connectivity index (χ2n) is 4.35.